The molecule has 2 aliphatic heterocycles. The smallest absolute Gasteiger partial charge is 0.409 e. The SMILES string of the molecule is CC1=C(CO)C(=O)O[C@@H]([C@@H](C)[C@H]2CC[C@H]3[C@@H]4C[C@H]5O[C@]56[C@@H](OC(=O)N(C)C)C=CC(=O)[C@]6(C)[C@H]4CC[C@]23C)C1. The average Bonchev–Trinajstić information content (AvgIpc) is 3.51. The van der Waals surface area contributed by atoms with E-state index < -0.39 is 23.2 Å². The van der Waals surface area contributed by atoms with E-state index in [0.29, 0.717) is 29.7 Å². The van der Waals surface area contributed by atoms with Crippen molar-refractivity contribution in [1.82, 2.24) is 4.90 Å². The maximum Gasteiger partial charge on any atom is 0.409 e. The Morgan fingerprint density at radius 2 is 1.95 bits per heavy atom. The predicted octanol–water partition coefficient (Wildman–Crippen LogP) is 4.06. The zero-order valence-corrected chi connectivity index (χ0v) is 24.1. The molecule has 1 amide bonds. The second kappa shape index (κ2) is 8.90. The molecule has 8 heteroatoms. The molecule has 3 saturated carbocycles. The van der Waals surface area contributed by atoms with E-state index in [-0.39, 0.29) is 47.8 Å². The van der Waals surface area contributed by atoms with Crippen LogP contribution in [0, 0.1) is 40.4 Å². The summed E-state index contributed by atoms with van der Waals surface area (Å²) in [5.74, 6) is 1.35. The molecule has 0 aromatic heterocycles. The summed E-state index contributed by atoms with van der Waals surface area (Å²) < 4.78 is 18.2. The van der Waals surface area contributed by atoms with E-state index >= 15 is 0 Å². The van der Waals surface area contributed by atoms with Gasteiger partial charge in [0.1, 0.15) is 11.7 Å². The standard InChI is InChI=1S/C31H43NO7/c1-16-13-23(37-27(35)19(16)15-33)17(2)20-7-8-21-18-14-26-31(39-26)25(38-28(36)32(5)6)10-9-24(34)30(31,4)22(18)11-12-29(20,21)3/h9-10,17-18,20-23,25-26,33H,7-8,11-15H2,1-6H3/t17-,18-,20+,21-,22-,23+,25-,26+,29+,30-,31+/m0/s1. The molecule has 1 N–H and O–H groups in total. The summed E-state index contributed by atoms with van der Waals surface area (Å²) in [7, 11) is 3.33. The number of aliphatic hydroxyl groups excluding tert-OH is 1. The lowest BCUT2D eigenvalue weighted by Crippen LogP contribution is -2.64. The Bertz CT molecular complexity index is 1160. The van der Waals surface area contributed by atoms with Crippen molar-refractivity contribution < 1.29 is 33.7 Å². The minimum Gasteiger partial charge on any atom is -0.458 e. The van der Waals surface area contributed by atoms with Crippen LogP contribution in [-0.4, -0.2) is 72.5 Å². The van der Waals surface area contributed by atoms with Crippen LogP contribution in [0.1, 0.15) is 66.2 Å². The molecule has 0 aromatic carbocycles. The van der Waals surface area contributed by atoms with E-state index in [4.69, 9.17) is 14.2 Å². The van der Waals surface area contributed by atoms with E-state index in [1.165, 1.54) is 4.90 Å². The molecular weight excluding hydrogens is 498 g/mol. The van der Waals surface area contributed by atoms with Crippen molar-refractivity contribution in [3.8, 4) is 0 Å². The topological polar surface area (TPSA) is 106 Å². The Morgan fingerprint density at radius 1 is 1.21 bits per heavy atom. The summed E-state index contributed by atoms with van der Waals surface area (Å²) in [6.45, 7) is 8.38. The van der Waals surface area contributed by atoms with Crippen molar-refractivity contribution >= 4 is 17.8 Å². The van der Waals surface area contributed by atoms with Crippen LogP contribution in [-0.2, 0) is 23.8 Å². The summed E-state index contributed by atoms with van der Waals surface area (Å²) in [6, 6.07) is 0. The molecule has 4 fully saturated rings. The molecule has 11 atom stereocenters. The predicted molar refractivity (Wildman–Crippen MR) is 142 cm³/mol. The highest BCUT2D eigenvalue weighted by Gasteiger charge is 2.81. The fourth-order valence-corrected chi connectivity index (χ4v) is 10.0. The molecule has 6 rings (SSSR count). The average molecular weight is 542 g/mol. The summed E-state index contributed by atoms with van der Waals surface area (Å²) in [6.07, 6.45) is 7.80. The van der Waals surface area contributed by atoms with Gasteiger partial charge in [-0.05, 0) is 93.1 Å². The monoisotopic (exact) mass is 541 g/mol. The third-order valence-corrected chi connectivity index (χ3v) is 12.2. The number of carbonyl (C=O) groups excluding carboxylic acids is 3. The quantitative estimate of drug-likeness (QED) is 0.423. The first-order valence-corrected chi connectivity index (χ1v) is 14.7. The van der Waals surface area contributed by atoms with Gasteiger partial charge in [-0.25, -0.2) is 9.59 Å². The largest absolute Gasteiger partial charge is 0.458 e. The van der Waals surface area contributed by atoms with Crippen molar-refractivity contribution in [3.63, 3.8) is 0 Å². The van der Waals surface area contributed by atoms with Crippen molar-refractivity contribution in [1.29, 1.82) is 0 Å². The number of rotatable bonds is 4. The maximum atomic E-state index is 13.7. The van der Waals surface area contributed by atoms with E-state index in [9.17, 15) is 19.5 Å². The number of esters is 1. The second-order valence-corrected chi connectivity index (χ2v) is 13.8. The normalized spacial score (nSPS) is 46.9. The van der Waals surface area contributed by atoms with Crippen molar-refractivity contribution in [2.75, 3.05) is 20.7 Å². The number of carbonyl (C=O) groups is 3. The molecule has 39 heavy (non-hydrogen) atoms. The van der Waals surface area contributed by atoms with E-state index in [1.54, 1.807) is 26.2 Å². The number of fused-ring (bicyclic) bond motifs is 4. The van der Waals surface area contributed by atoms with Crippen LogP contribution >= 0.6 is 0 Å². The number of ketones is 1. The van der Waals surface area contributed by atoms with Crippen LogP contribution in [0.2, 0.25) is 0 Å². The van der Waals surface area contributed by atoms with Gasteiger partial charge in [-0.2, -0.15) is 0 Å². The van der Waals surface area contributed by atoms with Gasteiger partial charge >= 0.3 is 12.1 Å². The highest BCUT2D eigenvalue weighted by molar-refractivity contribution is 5.98. The lowest BCUT2D eigenvalue weighted by molar-refractivity contribution is -0.156. The zero-order chi connectivity index (χ0) is 28.1. The minimum atomic E-state index is -0.769. The molecule has 0 bridgehead atoms. The summed E-state index contributed by atoms with van der Waals surface area (Å²) >= 11 is 0. The van der Waals surface area contributed by atoms with Gasteiger partial charge in [0.15, 0.2) is 11.9 Å². The molecular formula is C31H43NO7. The number of hydrogen-bond donors (Lipinski definition) is 1. The number of epoxide rings is 1. The van der Waals surface area contributed by atoms with Crippen molar-refractivity contribution in [3.05, 3.63) is 23.3 Å². The van der Waals surface area contributed by atoms with Crippen LogP contribution in [0.5, 0.6) is 0 Å². The molecule has 4 aliphatic carbocycles. The highest BCUT2D eigenvalue weighted by Crippen LogP contribution is 2.73. The first-order chi connectivity index (χ1) is 18.4. The molecule has 1 saturated heterocycles. The van der Waals surface area contributed by atoms with Crippen LogP contribution in [0.4, 0.5) is 4.79 Å². The molecule has 8 nitrogen and oxygen atoms in total. The summed E-state index contributed by atoms with van der Waals surface area (Å²) in [5.41, 5.74) is -0.0605. The van der Waals surface area contributed by atoms with Crippen LogP contribution in [0.3, 0.4) is 0 Å². The number of ether oxygens (including phenoxy) is 3. The van der Waals surface area contributed by atoms with Crippen LogP contribution in [0.15, 0.2) is 23.3 Å². The van der Waals surface area contributed by atoms with Gasteiger partial charge in [0.25, 0.3) is 0 Å². The van der Waals surface area contributed by atoms with Crippen molar-refractivity contribution in [2.45, 2.75) is 90.1 Å². The van der Waals surface area contributed by atoms with E-state index in [0.717, 1.165) is 37.7 Å². The van der Waals surface area contributed by atoms with E-state index in [1.807, 2.05) is 6.92 Å². The van der Waals surface area contributed by atoms with Gasteiger partial charge in [0, 0.05) is 20.5 Å². The van der Waals surface area contributed by atoms with Crippen molar-refractivity contribution in [2.24, 2.45) is 40.4 Å². The minimum absolute atomic E-state index is 0.0947. The number of allylic oxidation sites excluding steroid dienone is 1. The Labute approximate surface area is 231 Å². The maximum absolute atomic E-state index is 13.7. The number of cyclic esters (lactones) is 1. The Morgan fingerprint density at radius 3 is 2.62 bits per heavy atom. The molecule has 6 aliphatic rings. The van der Waals surface area contributed by atoms with Crippen LogP contribution in [0.25, 0.3) is 0 Å². The number of hydrogen-bond acceptors (Lipinski definition) is 7. The third kappa shape index (κ3) is 3.52. The van der Waals surface area contributed by atoms with Gasteiger partial charge in [-0.1, -0.05) is 19.4 Å². The Balaban J connectivity index is 1.25. The van der Waals surface area contributed by atoms with Gasteiger partial charge < -0.3 is 24.2 Å². The Kier molecular flexibility index (Phi) is 6.16. The van der Waals surface area contributed by atoms with Crippen LogP contribution < -0.4 is 0 Å². The summed E-state index contributed by atoms with van der Waals surface area (Å²) in [4.78, 5) is 40.2. The van der Waals surface area contributed by atoms with Gasteiger partial charge in [-0.15, -0.1) is 0 Å². The molecule has 1 spiro atoms. The van der Waals surface area contributed by atoms with Gasteiger partial charge in [-0.3, -0.25) is 4.79 Å². The first-order valence-electron chi connectivity index (χ1n) is 14.7. The third-order valence-electron chi connectivity index (χ3n) is 12.2. The molecule has 214 valence electrons. The summed E-state index contributed by atoms with van der Waals surface area (Å²) in [5, 5.41) is 9.58. The molecule has 2 heterocycles. The lowest BCUT2D eigenvalue weighted by atomic mass is 9.44. The second-order valence-electron chi connectivity index (χ2n) is 13.8. The van der Waals surface area contributed by atoms with E-state index in [2.05, 4.69) is 20.8 Å². The fraction of sp³-hybridized carbons (Fsp3) is 0.774. The lowest BCUT2D eigenvalue weighted by Gasteiger charge is -2.58. The highest BCUT2D eigenvalue weighted by atomic mass is 16.7. The number of aliphatic hydroxyl groups is 1. The molecule has 0 unspecified atom stereocenters. The number of nitrogens with zero attached hydrogens (tertiary/aromatic N) is 1. The Hall–Kier alpha value is -2.19. The first kappa shape index (κ1) is 27.0. The van der Waals surface area contributed by atoms with Gasteiger partial charge in [0.2, 0.25) is 0 Å². The molecule has 0 aromatic rings. The molecule has 0 radical (unpaired) electrons. The fourth-order valence-electron chi connectivity index (χ4n) is 10.0. The van der Waals surface area contributed by atoms with Gasteiger partial charge in [0.05, 0.1) is 23.7 Å². The zero-order valence-electron chi connectivity index (χ0n) is 24.1. The number of amides is 1.